The first-order valence-corrected chi connectivity index (χ1v) is 5.45. The van der Waals surface area contributed by atoms with Crippen molar-refractivity contribution < 1.29 is 9.72 Å². The van der Waals surface area contributed by atoms with Gasteiger partial charge in [0.2, 0.25) is 0 Å². The average Bonchev–Trinajstić information content (AvgIpc) is 2.38. The van der Waals surface area contributed by atoms with Crippen molar-refractivity contribution in [1.82, 2.24) is 0 Å². The van der Waals surface area contributed by atoms with Crippen LogP contribution in [0.2, 0.25) is 0 Å². The molecule has 0 heterocycles. The highest BCUT2D eigenvalue weighted by molar-refractivity contribution is 6.01. The van der Waals surface area contributed by atoms with Gasteiger partial charge in [0.25, 0.3) is 5.69 Å². The Kier molecular flexibility index (Phi) is 3.19. The monoisotopic (exact) mass is 241 g/mol. The zero-order chi connectivity index (χ0) is 13.1. The van der Waals surface area contributed by atoms with Crippen molar-refractivity contribution in [2.24, 2.45) is 0 Å². The van der Waals surface area contributed by atoms with E-state index in [4.69, 9.17) is 0 Å². The summed E-state index contributed by atoms with van der Waals surface area (Å²) in [5.41, 5.74) is 1.21. The molecule has 0 aliphatic carbocycles. The molecule has 0 saturated carbocycles. The molecule has 4 heteroatoms. The summed E-state index contributed by atoms with van der Waals surface area (Å²) in [6.07, 6.45) is 0. The number of carbonyl (C=O) groups excluding carboxylic acids is 1. The molecule has 0 bridgehead atoms. The van der Waals surface area contributed by atoms with E-state index in [2.05, 4.69) is 0 Å². The van der Waals surface area contributed by atoms with E-state index >= 15 is 0 Å². The van der Waals surface area contributed by atoms with Crippen LogP contribution in [0.3, 0.4) is 0 Å². The van der Waals surface area contributed by atoms with Gasteiger partial charge in [-0.1, -0.05) is 36.4 Å². The minimum absolute atomic E-state index is 0.129. The molecule has 0 aliphatic rings. The lowest BCUT2D eigenvalue weighted by Gasteiger charge is -2.06. The van der Waals surface area contributed by atoms with E-state index in [0.29, 0.717) is 5.56 Å². The highest BCUT2D eigenvalue weighted by Crippen LogP contribution is 2.32. The van der Waals surface area contributed by atoms with E-state index in [1.807, 2.05) is 6.07 Å². The van der Waals surface area contributed by atoms with E-state index in [9.17, 15) is 14.9 Å². The summed E-state index contributed by atoms with van der Waals surface area (Å²) in [5, 5.41) is 11.2. The van der Waals surface area contributed by atoms with Gasteiger partial charge in [-0.05, 0) is 24.6 Å². The minimum atomic E-state index is -0.501. The fourth-order valence-electron chi connectivity index (χ4n) is 1.87. The number of carbonyl (C=O) groups is 1. The normalized spacial score (nSPS) is 10.1. The SMILES string of the molecule is CC(=O)c1cccc(-c2ccccc2)c1[N+](=O)[O-]. The molecule has 0 saturated heterocycles. The van der Waals surface area contributed by atoms with Crippen LogP contribution in [0.4, 0.5) is 5.69 Å². The fraction of sp³-hybridized carbons (Fsp3) is 0.0714. The lowest BCUT2D eigenvalue weighted by Crippen LogP contribution is -2.01. The number of nitro benzene ring substituents is 1. The Bertz CT molecular complexity index is 606. The summed E-state index contributed by atoms with van der Waals surface area (Å²) in [6.45, 7) is 1.33. The van der Waals surface area contributed by atoms with Crippen LogP contribution in [0.1, 0.15) is 17.3 Å². The van der Waals surface area contributed by atoms with Crippen molar-refractivity contribution in [3.8, 4) is 11.1 Å². The summed E-state index contributed by atoms with van der Waals surface area (Å²) in [4.78, 5) is 22.1. The van der Waals surface area contributed by atoms with Crippen LogP contribution in [0.25, 0.3) is 11.1 Å². The molecule has 0 N–H and O–H groups in total. The Labute approximate surface area is 104 Å². The third kappa shape index (κ3) is 2.13. The molecule has 0 spiro atoms. The van der Waals surface area contributed by atoms with Crippen LogP contribution in [0.5, 0.6) is 0 Å². The second-order valence-corrected chi connectivity index (χ2v) is 3.88. The molecule has 0 fully saturated rings. The van der Waals surface area contributed by atoms with Crippen molar-refractivity contribution >= 4 is 11.5 Å². The first-order chi connectivity index (χ1) is 8.61. The van der Waals surface area contributed by atoms with Crippen molar-refractivity contribution in [2.45, 2.75) is 6.92 Å². The minimum Gasteiger partial charge on any atom is -0.294 e. The third-order valence-electron chi connectivity index (χ3n) is 2.68. The summed E-state index contributed by atoms with van der Waals surface area (Å²) >= 11 is 0. The van der Waals surface area contributed by atoms with E-state index < -0.39 is 4.92 Å². The largest absolute Gasteiger partial charge is 0.294 e. The van der Waals surface area contributed by atoms with Crippen LogP contribution in [0.15, 0.2) is 48.5 Å². The van der Waals surface area contributed by atoms with E-state index in [-0.39, 0.29) is 17.0 Å². The van der Waals surface area contributed by atoms with Crippen LogP contribution in [-0.2, 0) is 0 Å². The number of hydrogen-bond donors (Lipinski definition) is 0. The number of nitro groups is 1. The quantitative estimate of drug-likeness (QED) is 0.469. The molecule has 0 radical (unpaired) electrons. The summed E-state index contributed by atoms with van der Waals surface area (Å²) < 4.78 is 0. The Morgan fingerprint density at radius 1 is 1.06 bits per heavy atom. The zero-order valence-electron chi connectivity index (χ0n) is 9.79. The number of Topliss-reactive ketones (excluding diaryl/α,β-unsaturated/α-hetero) is 1. The number of ketones is 1. The highest BCUT2D eigenvalue weighted by atomic mass is 16.6. The Balaban J connectivity index is 2.72. The second kappa shape index (κ2) is 4.79. The molecule has 4 nitrogen and oxygen atoms in total. The molecule has 2 aromatic carbocycles. The molecule has 0 aromatic heterocycles. The maximum atomic E-state index is 11.4. The first kappa shape index (κ1) is 12.0. The predicted octanol–water partition coefficient (Wildman–Crippen LogP) is 3.46. The lowest BCUT2D eigenvalue weighted by molar-refractivity contribution is -0.384. The maximum Gasteiger partial charge on any atom is 0.287 e. The second-order valence-electron chi connectivity index (χ2n) is 3.88. The van der Waals surface area contributed by atoms with Gasteiger partial charge < -0.3 is 0 Å². The van der Waals surface area contributed by atoms with E-state index in [1.165, 1.54) is 13.0 Å². The molecule has 2 aromatic rings. The highest BCUT2D eigenvalue weighted by Gasteiger charge is 2.22. The number of nitrogens with zero attached hydrogens (tertiary/aromatic N) is 1. The zero-order valence-corrected chi connectivity index (χ0v) is 9.79. The van der Waals surface area contributed by atoms with Gasteiger partial charge in [0, 0.05) is 0 Å². The van der Waals surface area contributed by atoms with Crippen molar-refractivity contribution in [2.75, 3.05) is 0 Å². The molecule has 18 heavy (non-hydrogen) atoms. The number of para-hydroxylation sites is 1. The third-order valence-corrected chi connectivity index (χ3v) is 2.68. The molecular formula is C14H11NO3. The number of benzene rings is 2. The predicted molar refractivity (Wildman–Crippen MR) is 68.5 cm³/mol. The topological polar surface area (TPSA) is 60.2 Å². The van der Waals surface area contributed by atoms with Crippen LogP contribution in [0, 0.1) is 10.1 Å². The molecule has 0 aliphatic heterocycles. The first-order valence-electron chi connectivity index (χ1n) is 5.45. The van der Waals surface area contributed by atoms with Gasteiger partial charge in [-0.15, -0.1) is 0 Å². The van der Waals surface area contributed by atoms with Crippen molar-refractivity contribution in [1.29, 1.82) is 0 Å². The van der Waals surface area contributed by atoms with Crippen molar-refractivity contribution in [3.63, 3.8) is 0 Å². The number of rotatable bonds is 3. The molecule has 0 amide bonds. The maximum absolute atomic E-state index is 11.4. The van der Waals surface area contributed by atoms with E-state index in [1.54, 1.807) is 36.4 Å². The smallest absolute Gasteiger partial charge is 0.287 e. The van der Waals surface area contributed by atoms with Gasteiger partial charge in [-0.25, -0.2) is 0 Å². The lowest BCUT2D eigenvalue weighted by atomic mass is 9.99. The van der Waals surface area contributed by atoms with Gasteiger partial charge >= 0.3 is 0 Å². The molecular weight excluding hydrogens is 230 g/mol. The summed E-state index contributed by atoms with van der Waals surface area (Å²) in [5.74, 6) is -0.306. The van der Waals surface area contributed by atoms with Gasteiger partial charge in [0.05, 0.1) is 16.1 Å². The Morgan fingerprint density at radius 2 is 1.72 bits per heavy atom. The fourth-order valence-corrected chi connectivity index (χ4v) is 1.87. The van der Waals surface area contributed by atoms with Crippen LogP contribution in [-0.4, -0.2) is 10.7 Å². The van der Waals surface area contributed by atoms with Gasteiger partial charge in [0.15, 0.2) is 5.78 Å². The summed E-state index contributed by atoms with van der Waals surface area (Å²) in [6, 6.07) is 13.8. The van der Waals surface area contributed by atoms with E-state index in [0.717, 1.165) is 5.56 Å². The Hall–Kier alpha value is -2.49. The summed E-state index contributed by atoms with van der Waals surface area (Å²) in [7, 11) is 0. The standard InChI is InChI=1S/C14H11NO3/c1-10(16)12-8-5-9-13(14(12)15(17)18)11-6-3-2-4-7-11/h2-9H,1H3. The van der Waals surface area contributed by atoms with Gasteiger partial charge in [0.1, 0.15) is 0 Å². The van der Waals surface area contributed by atoms with Crippen LogP contribution < -0.4 is 0 Å². The molecule has 0 atom stereocenters. The number of hydrogen-bond acceptors (Lipinski definition) is 3. The molecule has 2 rings (SSSR count). The van der Waals surface area contributed by atoms with Gasteiger partial charge in [-0.2, -0.15) is 0 Å². The van der Waals surface area contributed by atoms with Crippen LogP contribution >= 0.6 is 0 Å². The van der Waals surface area contributed by atoms with Gasteiger partial charge in [-0.3, -0.25) is 14.9 Å². The molecule has 0 unspecified atom stereocenters. The Morgan fingerprint density at radius 3 is 2.28 bits per heavy atom. The average molecular weight is 241 g/mol. The molecule has 90 valence electrons. The van der Waals surface area contributed by atoms with Crippen molar-refractivity contribution in [3.05, 3.63) is 64.2 Å².